The van der Waals surface area contributed by atoms with Gasteiger partial charge in [0.2, 0.25) is 5.91 Å². The van der Waals surface area contributed by atoms with Crippen LogP contribution in [-0.4, -0.2) is 40.3 Å². The second kappa shape index (κ2) is 7.82. The molecule has 124 valence electrons. The van der Waals surface area contributed by atoms with Crippen molar-refractivity contribution in [1.29, 1.82) is 0 Å². The maximum atomic E-state index is 11.8. The molecule has 1 rings (SSSR count). The smallest absolute Gasteiger partial charge is 0.315 e. The molecule has 0 radical (unpaired) electrons. The van der Waals surface area contributed by atoms with E-state index in [0.29, 0.717) is 6.42 Å². The van der Waals surface area contributed by atoms with Crippen LogP contribution in [0, 0.1) is 13.8 Å². The van der Waals surface area contributed by atoms with Crippen LogP contribution in [0.15, 0.2) is 0 Å². The molecule has 7 nitrogen and oxygen atoms in total. The van der Waals surface area contributed by atoms with Crippen LogP contribution in [0.1, 0.15) is 37.7 Å². The zero-order chi connectivity index (χ0) is 16.9. The number of hydrogen-bond acceptors (Lipinski definition) is 3. The van der Waals surface area contributed by atoms with Gasteiger partial charge >= 0.3 is 6.03 Å². The molecule has 0 saturated carbocycles. The molecule has 1 heterocycles. The Balaban J connectivity index is 2.43. The summed E-state index contributed by atoms with van der Waals surface area (Å²) in [6.07, 6.45) is 0.705. The Bertz CT molecular complexity index is 536. The average molecular weight is 309 g/mol. The summed E-state index contributed by atoms with van der Waals surface area (Å²) < 4.78 is 1.84. The van der Waals surface area contributed by atoms with Gasteiger partial charge in [0.15, 0.2) is 0 Å². The van der Waals surface area contributed by atoms with Gasteiger partial charge in [-0.2, -0.15) is 5.10 Å². The van der Waals surface area contributed by atoms with Crippen molar-refractivity contribution in [3.05, 3.63) is 17.0 Å². The third-order valence-corrected chi connectivity index (χ3v) is 3.41. The van der Waals surface area contributed by atoms with Crippen LogP contribution in [0.2, 0.25) is 0 Å². The van der Waals surface area contributed by atoms with E-state index in [9.17, 15) is 9.59 Å². The van der Waals surface area contributed by atoms with Crippen LogP contribution in [0.25, 0.3) is 0 Å². The highest BCUT2D eigenvalue weighted by molar-refractivity contribution is 5.84. The minimum Gasteiger partial charge on any atom is -0.352 e. The highest BCUT2D eigenvalue weighted by atomic mass is 16.2. The maximum Gasteiger partial charge on any atom is 0.315 e. The van der Waals surface area contributed by atoms with Crippen molar-refractivity contribution in [2.24, 2.45) is 7.05 Å². The summed E-state index contributed by atoms with van der Waals surface area (Å²) in [5.41, 5.74) is 3.22. The summed E-state index contributed by atoms with van der Waals surface area (Å²) in [6, 6.07) is -0.326. The molecule has 0 aromatic carbocycles. The molecule has 0 bridgehead atoms. The van der Waals surface area contributed by atoms with Gasteiger partial charge in [0.1, 0.15) is 0 Å². The van der Waals surface area contributed by atoms with E-state index in [4.69, 9.17) is 0 Å². The highest BCUT2D eigenvalue weighted by Crippen LogP contribution is 2.13. The predicted octanol–water partition coefficient (Wildman–Crippen LogP) is 0.792. The van der Waals surface area contributed by atoms with Gasteiger partial charge in [0.05, 0.1) is 12.2 Å². The lowest BCUT2D eigenvalue weighted by Crippen LogP contribution is -2.46. The Morgan fingerprint density at radius 3 is 2.32 bits per heavy atom. The van der Waals surface area contributed by atoms with Crippen molar-refractivity contribution >= 4 is 11.9 Å². The highest BCUT2D eigenvalue weighted by Gasteiger charge is 2.15. The lowest BCUT2D eigenvalue weighted by molar-refractivity contribution is -0.120. The molecule has 0 saturated heterocycles. The van der Waals surface area contributed by atoms with E-state index in [-0.39, 0.29) is 30.6 Å². The first kappa shape index (κ1) is 18.0. The van der Waals surface area contributed by atoms with E-state index in [1.165, 1.54) is 0 Å². The van der Waals surface area contributed by atoms with E-state index in [0.717, 1.165) is 17.0 Å². The van der Waals surface area contributed by atoms with Crippen LogP contribution in [0.3, 0.4) is 0 Å². The number of rotatable bonds is 6. The molecule has 1 aromatic rings. The van der Waals surface area contributed by atoms with Crippen molar-refractivity contribution < 1.29 is 9.59 Å². The Hall–Kier alpha value is -2.05. The Morgan fingerprint density at radius 2 is 1.82 bits per heavy atom. The minimum absolute atomic E-state index is 0.0261. The molecule has 0 fully saturated rings. The van der Waals surface area contributed by atoms with Crippen LogP contribution in [-0.2, 0) is 18.3 Å². The fourth-order valence-electron chi connectivity index (χ4n) is 2.28. The first-order valence-corrected chi connectivity index (χ1v) is 7.53. The van der Waals surface area contributed by atoms with Gasteiger partial charge in [-0.1, -0.05) is 0 Å². The molecular formula is C15H27N5O2. The fraction of sp³-hybridized carbons (Fsp3) is 0.667. The normalized spacial score (nSPS) is 12.1. The number of urea groups is 1. The van der Waals surface area contributed by atoms with Crippen LogP contribution < -0.4 is 16.0 Å². The number of nitrogens with one attached hydrogen (secondary N) is 3. The second-order valence-corrected chi connectivity index (χ2v) is 5.93. The van der Waals surface area contributed by atoms with Gasteiger partial charge in [-0.15, -0.1) is 0 Å². The molecule has 3 amide bonds. The SMILES string of the molecule is Cc1nn(C)c(C)c1CC(C)NC(=O)NCC(=O)NC(C)C. The molecule has 7 heteroatoms. The van der Waals surface area contributed by atoms with Gasteiger partial charge < -0.3 is 16.0 Å². The minimum atomic E-state index is -0.342. The molecule has 0 aliphatic carbocycles. The summed E-state index contributed by atoms with van der Waals surface area (Å²) in [4.78, 5) is 23.2. The standard InChI is InChI=1S/C15H27N5O2/c1-9(2)17-14(21)8-16-15(22)18-10(3)7-13-11(4)19-20(6)12(13)5/h9-10H,7-8H2,1-6H3,(H,17,21)(H2,16,18,22). The molecule has 1 unspecified atom stereocenters. The maximum absolute atomic E-state index is 11.8. The number of aromatic nitrogens is 2. The number of carbonyl (C=O) groups excluding carboxylic acids is 2. The van der Waals surface area contributed by atoms with Gasteiger partial charge in [-0.3, -0.25) is 9.48 Å². The second-order valence-electron chi connectivity index (χ2n) is 5.93. The third-order valence-electron chi connectivity index (χ3n) is 3.41. The van der Waals surface area contributed by atoms with E-state index < -0.39 is 0 Å². The molecule has 3 N–H and O–H groups in total. The monoisotopic (exact) mass is 309 g/mol. The molecule has 0 aliphatic heterocycles. The lowest BCUT2D eigenvalue weighted by Gasteiger charge is -2.15. The van der Waals surface area contributed by atoms with Crippen LogP contribution >= 0.6 is 0 Å². The summed E-state index contributed by atoms with van der Waals surface area (Å²) in [7, 11) is 1.91. The zero-order valence-corrected chi connectivity index (χ0v) is 14.3. The van der Waals surface area contributed by atoms with Crippen molar-refractivity contribution in [2.45, 2.75) is 53.1 Å². The van der Waals surface area contributed by atoms with Crippen LogP contribution in [0.5, 0.6) is 0 Å². The number of aryl methyl sites for hydroxylation is 2. The lowest BCUT2D eigenvalue weighted by atomic mass is 10.1. The van der Waals surface area contributed by atoms with E-state index in [1.807, 2.05) is 46.3 Å². The molecular weight excluding hydrogens is 282 g/mol. The number of carbonyl (C=O) groups is 2. The molecule has 0 aliphatic rings. The van der Waals surface area contributed by atoms with Crippen molar-refractivity contribution in [3.63, 3.8) is 0 Å². The number of nitrogens with zero attached hydrogens (tertiary/aromatic N) is 2. The first-order valence-electron chi connectivity index (χ1n) is 7.53. The number of amides is 3. The average Bonchev–Trinajstić information content (AvgIpc) is 2.62. The Kier molecular flexibility index (Phi) is 6.39. The topological polar surface area (TPSA) is 88.1 Å². The summed E-state index contributed by atoms with van der Waals surface area (Å²) in [6.45, 7) is 9.63. The zero-order valence-electron chi connectivity index (χ0n) is 14.3. The van der Waals surface area contributed by atoms with Gasteiger partial charge in [0, 0.05) is 24.8 Å². The molecule has 1 aromatic heterocycles. The van der Waals surface area contributed by atoms with Gasteiger partial charge in [-0.05, 0) is 46.6 Å². The Labute approximate surface area is 131 Å². The van der Waals surface area contributed by atoms with E-state index in [1.54, 1.807) is 0 Å². The molecule has 0 spiro atoms. The third kappa shape index (κ3) is 5.38. The predicted molar refractivity (Wildman–Crippen MR) is 85.7 cm³/mol. The first-order chi connectivity index (χ1) is 10.2. The quantitative estimate of drug-likeness (QED) is 0.726. The summed E-state index contributed by atoms with van der Waals surface area (Å²) in [5.74, 6) is -0.197. The number of hydrogen-bond donors (Lipinski definition) is 3. The largest absolute Gasteiger partial charge is 0.352 e. The van der Waals surface area contributed by atoms with E-state index >= 15 is 0 Å². The molecule has 1 atom stereocenters. The van der Waals surface area contributed by atoms with E-state index in [2.05, 4.69) is 21.0 Å². The fourth-order valence-corrected chi connectivity index (χ4v) is 2.28. The Morgan fingerprint density at radius 1 is 1.18 bits per heavy atom. The van der Waals surface area contributed by atoms with Crippen LogP contribution in [0.4, 0.5) is 4.79 Å². The summed E-state index contributed by atoms with van der Waals surface area (Å²) in [5, 5.41) is 12.5. The van der Waals surface area contributed by atoms with Crippen molar-refractivity contribution in [2.75, 3.05) is 6.54 Å². The van der Waals surface area contributed by atoms with Gasteiger partial charge in [-0.25, -0.2) is 4.79 Å². The molecule has 22 heavy (non-hydrogen) atoms. The van der Waals surface area contributed by atoms with Crippen molar-refractivity contribution in [3.8, 4) is 0 Å². The van der Waals surface area contributed by atoms with Crippen molar-refractivity contribution in [1.82, 2.24) is 25.7 Å². The van der Waals surface area contributed by atoms with Gasteiger partial charge in [0.25, 0.3) is 0 Å². The summed E-state index contributed by atoms with van der Waals surface area (Å²) >= 11 is 0.